The second-order valence-corrected chi connectivity index (χ2v) is 7.40. The first-order valence-corrected chi connectivity index (χ1v) is 8.94. The highest BCUT2D eigenvalue weighted by molar-refractivity contribution is 14.0. The zero-order chi connectivity index (χ0) is 15.8. The lowest BCUT2D eigenvalue weighted by atomic mass is 10.1. The minimum Gasteiger partial charge on any atom is -0.494 e. The highest BCUT2D eigenvalue weighted by Crippen LogP contribution is 2.36. The van der Waals surface area contributed by atoms with Crippen molar-refractivity contribution in [1.29, 1.82) is 0 Å². The Morgan fingerprint density at radius 2 is 2.13 bits per heavy atom. The summed E-state index contributed by atoms with van der Waals surface area (Å²) in [5.74, 6) is 3.05. The van der Waals surface area contributed by atoms with Gasteiger partial charge in [0.2, 0.25) is 0 Å². The van der Waals surface area contributed by atoms with E-state index in [0.29, 0.717) is 17.9 Å². The van der Waals surface area contributed by atoms with E-state index in [1.54, 1.807) is 0 Å². The van der Waals surface area contributed by atoms with Crippen LogP contribution in [0.25, 0.3) is 0 Å². The highest BCUT2D eigenvalue weighted by Gasteiger charge is 2.29. The van der Waals surface area contributed by atoms with Gasteiger partial charge in [0.05, 0.1) is 6.61 Å². The lowest BCUT2D eigenvalue weighted by molar-refractivity contribution is 0.336. The van der Waals surface area contributed by atoms with E-state index in [0.717, 1.165) is 23.8 Å². The summed E-state index contributed by atoms with van der Waals surface area (Å²) >= 11 is 2.06. The van der Waals surface area contributed by atoms with Crippen LogP contribution in [0.5, 0.6) is 5.75 Å². The van der Waals surface area contributed by atoms with E-state index in [1.807, 2.05) is 32.2 Å². The fourth-order valence-corrected chi connectivity index (χ4v) is 3.84. The monoisotopic (exact) mass is 449 g/mol. The lowest BCUT2D eigenvalue weighted by Gasteiger charge is -2.24. The van der Waals surface area contributed by atoms with Gasteiger partial charge < -0.3 is 15.4 Å². The Morgan fingerprint density at radius 3 is 2.78 bits per heavy atom. The van der Waals surface area contributed by atoms with Gasteiger partial charge in [0.1, 0.15) is 5.75 Å². The Labute approximate surface area is 161 Å². The maximum atomic E-state index is 5.66. The summed E-state index contributed by atoms with van der Waals surface area (Å²) in [5, 5.41) is 6.83. The highest BCUT2D eigenvalue weighted by atomic mass is 127. The average molecular weight is 449 g/mol. The van der Waals surface area contributed by atoms with E-state index in [9.17, 15) is 0 Å². The van der Waals surface area contributed by atoms with Crippen molar-refractivity contribution in [2.24, 2.45) is 4.99 Å². The van der Waals surface area contributed by atoms with Gasteiger partial charge in [-0.2, -0.15) is 11.8 Å². The van der Waals surface area contributed by atoms with Crippen LogP contribution in [0.2, 0.25) is 0 Å². The third-order valence-electron chi connectivity index (χ3n) is 3.87. The van der Waals surface area contributed by atoms with Crippen LogP contribution in [0.15, 0.2) is 29.3 Å². The van der Waals surface area contributed by atoms with E-state index in [4.69, 9.17) is 4.74 Å². The molecule has 1 atom stereocenters. The normalized spacial score (nSPS) is 20.7. The summed E-state index contributed by atoms with van der Waals surface area (Å²) in [6.45, 7) is 6.67. The molecule has 23 heavy (non-hydrogen) atoms. The Kier molecular flexibility index (Phi) is 9.12. The Balaban J connectivity index is 0.00000264. The molecule has 1 aromatic rings. The molecule has 1 heterocycles. The van der Waals surface area contributed by atoms with E-state index in [2.05, 4.69) is 40.4 Å². The topological polar surface area (TPSA) is 45.6 Å². The molecule has 0 bridgehead atoms. The van der Waals surface area contributed by atoms with Crippen LogP contribution in [0.1, 0.15) is 32.3 Å². The average Bonchev–Trinajstić information content (AvgIpc) is 2.96. The van der Waals surface area contributed by atoms with Gasteiger partial charge in [0, 0.05) is 30.4 Å². The zero-order valence-corrected chi connectivity index (χ0v) is 17.4. The van der Waals surface area contributed by atoms with Crippen molar-refractivity contribution < 1.29 is 4.74 Å². The van der Waals surface area contributed by atoms with Crippen molar-refractivity contribution >= 4 is 41.7 Å². The molecule has 1 aliphatic heterocycles. The fourth-order valence-electron chi connectivity index (χ4n) is 2.59. The summed E-state index contributed by atoms with van der Waals surface area (Å²) in [4.78, 5) is 4.32. The predicted molar refractivity (Wildman–Crippen MR) is 111 cm³/mol. The van der Waals surface area contributed by atoms with Crippen LogP contribution in [-0.2, 0) is 6.54 Å². The SMILES string of the molecule is CCOc1ccccc1CNC(=NC)NCC1(C)CCCS1.I. The quantitative estimate of drug-likeness (QED) is 0.396. The number of aliphatic imine (C=N–C) groups is 1. The zero-order valence-electron chi connectivity index (χ0n) is 14.2. The number of thioether (sulfide) groups is 1. The maximum absolute atomic E-state index is 5.66. The van der Waals surface area contributed by atoms with E-state index < -0.39 is 0 Å². The molecule has 1 aliphatic rings. The molecule has 0 aromatic heterocycles. The van der Waals surface area contributed by atoms with Crippen LogP contribution >= 0.6 is 35.7 Å². The van der Waals surface area contributed by atoms with Crippen LogP contribution in [0, 0.1) is 0 Å². The van der Waals surface area contributed by atoms with Gasteiger partial charge in [0.25, 0.3) is 0 Å². The van der Waals surface area contributed by atoms with Gasteiger partial charge in [-0.05, 0) is 38.5 Å². The minimum atomic E-state index is 0. The van der Waals surface area contributed by atoms with Crippen LogP contribution < -0.4 is 15.4 Å². The van der Waals surface area contributed by atoms with Crippen molar-refractivity contribution in [3.05, 3.63) is 29.8 Å². The molecule has 2 rings (SSSR count). The third-order valence-corrected chi connectivity index (χ3v) is 5.41. The summed E-state index contributed by atoms with van der Waals surface area (Å²) in [5.41, 5.74) is 1.15. The van der Waals surface area contributed by atoms with Gasteiger partial charge in [-0.15, -0.1) is 24.0 Å². The van der Waals surface area contributed by atoms with Crippen molar-refractivity contribution in [3.63, 3.8) is 0 Å². The van der Waals surface area contributed by atoms with Crippen LogP contribution in [0.3, 0.4) is 0 Å². The molecular formula is C17H28IN3OS. The number of guanidine groups is 1. The third kappa shape index (κ3) is 6.41. The summed E-state index contributed by atoms with van der Waals surface area (Å²) in [6, 6.07) is 8.12. The summed E-state index contributed by atoms with van der Waals surface area (Å²) in [6.07, 6.45) is 2.59. The van der Waals surface area contributed by atoms with Crippen molar-refractivity contribution in [2.75, 3.05) is 26.0 Å². The van der Waals surface area contributed by atoms with Crippen molar-refractivity contribution in [1.82, 2.24) is 10.6 Å². The van der Waals surface area contributed by atoms with Crippen LogP contribution in [-0.4, -0.2) is 36.7 Å². The van der Waals surface area contributed by atoms with Crippen molar-refractivity contribution in [2.45, 2.75) is 38.0 Å². The smallest absolute Gasteiger partial charge is 0.191 e. The summed E-state index contributed by atoms with van der Waals surface area (Å²) < 4.78 is 5.99. The van der Waals surface area contributed by atoms with Gasteiger partial charge in [-0.1, -0.05) is 18.2 Å². The van der Waals surface area contributed by atoms with E-state index in [1.165, 1.54) is 18.6 Å². The number of para-hydroxylation sites is 1. The fraction of sp³-hybridized carbons (Fsp3) is 0.588. The molecular weight excluding hydrogens is 421 g/mol. The Hall–Kier alpha value is -0.630. The molecule has 0 saturated carbocycles. The molecule has 4 nitrogen and oxygen atoms in total. The molecule has 1 fully saturated rings. The lowest BCUT2D eigenvalue weighted by Crippen LogP contribution is -2.43. The molecule has 0 spiro atoms. The molecule has 0 aliphatic carbocycles. The van der Waals surface area contributed by atoms with Crippen LogP contribution in [0.4, 0.5) is 0 Å². The Morgan fingerprint density at radius 1 is 1.35 bits per heavy atom. The number of hydrogen-bond acceptors (Lipinski definition) is 3. The number of hydrogen-bond donors (Lipinski definition) is 2. The molecule has 0 amide bonds. The number of ether oxygens (including phenoxy) is 1. The largest absolute Gasteiger partial charge is 0.494 e. The number of nitrogens with zero attached hydrogens (tertiary/aromatic N) is 1. The second-order valence-electron chi connectivity index (χ2n) is 5.72. The van der Waals surface area contributed by atoms with E-state index >= 15 is 0 Å². The van der Waals surface area contributed by atoms with Gasteiger partial charge >= 0.3 is 0 Å². The number of nitrogens with one attached hydrogen (secondary N) is 2. The number of halogens is 1. The van der Waals surface area contributed by atoms with Gasteiger partial charge in [-0.25, -0.2) is 0 Å². The molecule has 2 N–H and O–H groups in total. The molecule has 1 aromatic carbocycles. The van der Waals surface area contributed by atoms with E-state index in [-0.39, 0.29) is 24.0 Å². The minimum absolute atomic E-state index is 0. The number of benzene rings is 1. The van der Waals surface area contributed by atoms with Gasteiger partial charge in [0.15, 0.2) is 5.96 Å². The van der Waals surface area contributed by atoms with Gasteiger partial charge in [-0.3, -0.25) is 4.99 Å². The molecule has 0 radical (unpaired) electrons. The van der Waals surface area contributed by atoms with Crippen molar-refractivity contribution in [3.8, 4) is 5.75 Å². The molecule has 1 saturated heterocycles. The number of rotatable bonds is 6. The first kappa shape index (κ1) is 20.4. The molecule has 1 unspecified atom stereocenters. The maximum Gasteiger partial charge on any atom is 0.191 e. The first-order valence-electron chi connectivity index (χ1n) is 7.96. The molecule has 6 heteroatoms. The summed E-state index contributed by atoms with van der Waals surface area (Å²) in [7, 11) is 1.81. The first-order chi connectivity index (χ1) is 10.7. The standard InChI is InChI=1S/C17H27N3OS.HI/c1-4-21-15-9-6-5-8-14(15)12-19-16(18-3)20-13-17(2)10-7-11-22-17;/h5-6,8-9H,4,7,10-13H2,1-3H3,(H2,18,19,20);1H. The predicted octanol–water partition coefficient (Wildman–Crippen LogP) is 3.65. The molecule has 130 valence electrons. The second kappa shape index (κ2) is 10.3. The Bertz CT molecular complexity index is 504.